The summed E-state index contributed by atoms with van der Waals surface area (Å²) in [5.74, 6) is 0.497. The summed E-state index contributed by atoms with van der Waals surface area (Å²) in [6.07, 6.45) is 0. The lowest BCUT2D eigenvalue weighted by molar-refractivity contribution is 0.0606. The molecule has 0 amide bonds. The molecule has 2 aromatic rings. The van der Waals surface area contributed by atoms with E-state index < -0.39 is 0 Å². The molecule has 0 aliphatic rings. The van der Waals surface area contributed by atoms with Crippen LogP contribution in [0.25, 0.3) is 10.4 Å². The maximum atomic E-state index is 11.4. The zero-order valence-electron chi connectivity index (χ0n) is 10.5. The Hall–Kier alpha value is -1.81. The molecule has 0 atom stereocenters. The molecule has 4 heteroatoms. The van der Waals surface area contributed by atoms with Crippen molar-refractivity contribution in [2.75, 3.05) is 14.2 Å². The van der Waals surface area contributed by atoms with E-state index in [4.69, 9.17) is 9.47 Å². The molecule has 18 heavy (non-hydrogen) atoms. The highest BCUT2D eigenvalue weighted by molar-refractivity contribution is 7.17. The van der Waals surface area contributed by atoms with Crippen molar-refractivity contribution in [3.05, 3.63) is 40.8 Å². The normalized spacial score (nSPS) is 10.2. The van der Waals surface area contributed by atoms with Crippen LogP contribution in [0.4, 0.5) is 0 Å². The third-order valence-corrected chi connectivity index (χ3v) is 3.71. The molecule has 0 radical (unpaired) electrons. The molecule has 0 spiro atoms. The van der Waals surface area contributed by atoms with E-state index >= 15 is 0 Å². The molecular weight excluding hydrogens is 248 g/mol. The fourth-order valence-electron chi connectivity index (χ4n) is 1.71. The van der Waals surface area contributed by atoms with Crippen LogP contribution in [-0.4, -0.2) is 20.2 Å². The molecule has 1 heterocycles. The van der Waals surface area contributed by atoms with Crippen molar-refractivity contribution in [1.29, 1.82) is 0 Å². The van der Waals surface area contributed by atoms with Gasteiger partial charge in [-0.2, -0.15) is 0 Å². The third-order valence-electron chi connectivity index (χ3n) is 2.61. The molecule has 0 bridgehead atoms. The number of ether oxygens (including phenoxy) is 2. The van der Waals surface area contributed by atoms with Crippen molar-refractivity contribution < 1.29 is 14.3 Å². The van der Waals surface area contributed by atoms with Gasteiger partial charge in [-0.25, -0.2) is 4.79 Å². The van der Waals surface area contributed by atoms with E-state index in [1.165, 1.54) is 18.4 Å². The number of carbonyl (C=O) groups excluding carboxylic acids is 1. The van der Waals surface area contributed by atoms with Gasteiger partial charge in [0.25, 0.3) is 0 Å². The number of methoxy groups -OCH3 is 2. The fraction of sp³-hybridized carbons (Fsp3) is 0.214. The molecule has 0 saturated carbocycles. The molecule has 94 valence electrons. The van der Waals surface area contributed by atoms with E-state index in [9.17, 15) is 4.79 Å². The summed E-state index contributed by atoms with van der Waals surface area (Å²) in [6.45, 7) is 2.03. The molecule has 1 aromatic carbocycles. The molecule has 0 unspecified atom stereocenters. The Labute approximate surface area is 110 Å². The van der Waals surface area contributed by atoms with E-state index in [2.05, 4.69) is 0 Å². The lowest BCUT2D eigenvalue weighted by Crippen LogP contribution is -1.96. The first kappa shape index (κ1) is 12.6. The maximum Gasteiger partial charge on any atom is 0.348 e. The average Bonchev–Trinajstić information content (AvgIpc) is 2.87. The van der Waals surface area contributed by atoms with Crippen molar-refractivity contribution >= 4 is 17.3 Å². The average molecular weight is 262 g/mol. The van der Waals surface area contributed by atoms with Gasteiger partial charge in [-0.3, -0.25) is 0 Å². The Bertz CT molecular complexity index is 572. The standard InChI is InChI=1S/C14H14O3S/c1-9-4-5-11(16-2)10(8-9)12-6-7-13(18-12)14(15)17-3/h4-8H,1-3H3. The number of rotatable bonds is 3. The molecule has 0 aliphatic carbocycles. The smallest absolute Gasteiger partial charge is 0.348 e. The molecule has 0 saturated heterocycles. The summed E-state index contributed by atoms with van der Waals surface area (Å²) in [6, 6.07) is 9.66. The highest BCUT2D eigenvalue weighted by Crippen LogP contribution is 2.35. The number of hydrogen-bond donors (Lipinski definition) is 0. The van der Waals surface area contributed by atoms with Crippen molar-refractivity contribution in [2.45, 2.75) is 6.92 Å². The first-order chi connectivity index (χ1) is 8.65. The minimum Gasteiger partial charge on any atom is -0.496 e. The second kappa shape index (κ2) is 5.23. The van der Waals surface area contributed by atoms with Crippen LogP contribution in [0.5, 0.6) is 5.75 Å². The minimum absolute atomic E-state index is 0.308. The molecule has 0 aliphatic heterocycles. The van der Waals surface area contributed by atoms with Gasteiger partial charge in [-0.15, -0.1) is 11.3 Å². The second-order valence-electron chi connectivity index (χ2n) is 3.86. The van der Waals surface area contributed by atoms with E-state index in [0.717, 1.165) is 21.8 Å². The van der Waals surface area contributed by atoms with Crippen LogP contribution in [0, 0.1) is 6.92 Å². The van der Waals surface area contributed by atoms with Crippen LogP contribution >= 0.6 is 11.3 Å². The molecule has 0 fully saturated rings. The summed E-state index contributed by atoms with van der Waals surface area (Å²) in [5, 5.41) is 0. The summed E-state index contributed by atoms with van der Waals surface area (Å²) in [7, 11) is 3.03. The molecule has 1 aromatic heterocycles. The summed E-state index contributed by atoms with van der Waals surface area (Å²) in [5.41, 5.74) is 2.15. The van der Waals surface area contributed by atoms with Gasteiger partial charge in [0.05, 0.1) is 14.2 Å². The largest absolute Gasteiger partial charge is 0.496 e. The Morgan fingerprint density at radius 2 is 1.94 bits per heavy atom. The lowest BCUT2D eigenvalue weighted by Gasteiger charge is -2.07. The van der Waals surface area contributed by atoms with Gasteiger partial charge < -0.3 is 9.47 Å². The van der Waals surface area contributed by atoms with Crippen molar-refractivity contribution in [2.24, 2.45) is 0 Å². The molecule has 2 rings (SSSR count). The Morgan fingerprint density at radius 3 is 2.61 bits per heavy atom. The zero-order chi connectivity index (χ0) is 13.1. The van der Waals surface area contributed by atoms with Crippen LogP contribution in [0.15, 0.2) is 30.3 Å². The van der Waals surface area contributed by atoms with Gasteiger partial charge in [0, 0.05) is 10.4 Å². The number of thiophene rings is 1. The van der Waals surface area contributed by atoms with Crippen molar-refractivity contribution in [1.82, 2.24) is 0 Å². The van der Waals surface area contributed by atoms with Gasteiger partial charge in [0.15, 0.2) is 0 Å². The third kappa shape index (κ3) is 2.38. The first-order valence-corrected chi connectivity index (χ1v) is 6.30. The lowest BCUT2D eigenvalue weighted by atomic mass is 10.1. The number of aryl methyl sites for hydroxylation is 1. The maximum absolute atomic E-state index is 11.4. The van der Waals surface area contributed by atoms with Crippen molar-refractivity contribution in [3.8, 4) is 16.2 Å². The van der Waals surface area contributed by atoms with Crippen molar-refractivity contribution in [3.63, 3.8) is 0 Å². The molecule has 3 nitrogen and oxygen atoms in total. The zero-order valence-corrected chi connectivity index (χ0v) is 11.3. The van der Waals surface area contributed by atoms with E-state index in [1.807, 2.05) is 31.2 Å². The summed E-state index contributed by atoms with van der Waals surface area (Å²) >= 11 is 1.40. The van der Waals surface area contributed by atoms with Crippen LogP contribution < -0.4 is 4.74 Å². The number of hydrogen-bond acceptors (Lipinski definition) is 4. The topological polar surface area (TPSA) is 35.5 Å². The van der Waals surface area contributed by atoms with E-state index in [1.54, 1.807) is 13.2 Å². The monoisotopic (exact) mass is 262 g/mol. The van der Waals surface area contributed by atoms with Crippen LogP contribution in [0.2, 0.25) is 0 Å². The van der Waals surface area contributed by atoms with Gasteiger partial charge in [0.1, 0.15) is 10.6 Å². The quantitative estimate of drug-likeness (QED) is 0.794. The van der Waals surface area contributed by atoms with Gasteiger partial charge in [0.2, 0.25) is 0 Å². The first-order valence-electron chi connectivity index (χ1n) is 5.49. The highest BCUT2D eigenvalue weighted by atomic mass is 32.1. The Morgan fingerprint density at radius 1 is 1.17 bits per heavy atom. The molecular formula is C14H14O3S. The predicted octanol–water partition coefficient (Wildman–Crippen LogP) is 3.52. The number of benzene rings is 1. The summed E-state index contributed by atoms with van der Waals surface area (Å²) in [4.78, 5) is 13.0. The predicted molar refractivity (Wildman–Crippen MR) is 72.4 cm³/mol. The Balaban J connectivity index is 2.45. The van der Waals surface area contributed by atoms with Crippen LogP contribution in [0.1, 0.15) is 15.2 Å². The fourth-order valence-corrected chi connectivity index (χ4v) is 2.65. The van der Waals surface area contributed by atoms with E-state index in [-0.39, 0.29) is 5.97 Å². The van der Waals surface area contributed by atoms with E-state index in [0.29, 0.717) is 4.88 Å². The Kier molecular flexibility index (Phi) is 3.67. The highest BCUT2D eigenvalue weighted by Gasteiger charge is 2.13. The molecule has 0 N–H and O–H groups in total. The minimum atomic E-state index is -0.308. The van der Waals surface area contributed by atoms with Crippen LogP contribution in [-0.2, 0) is 4.74 Å². The van der Waals surface area contributed by atoms with Gasteiger partial charge in [-0.1, -0.05) is 11.6 Å². The summed E-state index contributed by atoms with van der Waals surface area (Å²) < 4.78 is 10.0. The van der Waals surface area contributed by atoms with Crippen LogP contribution in [0.3, 0.4) is 0 Å². The van der Waals surface area contributed by atoms with Gasteiger partial charge in [-0.05, 0) is 31.2 Å². The second-order valence-corrected chi connectivity index (χ2v) is 4.94. The SMILES string of the molecule is COC(=O)c1ccc(-c2cc(C)ccc2OC)s1. The van der Waals surface area contributed by atoms with Gasteiger partial charge >= 0.3 is 5.97 Å². The number of carbonyl (C=O) groups is 1. The number of esters is 1.